The van der Waals surface area contributed by atoms with Crippen LogP contribution in [0.5, 0.6) is 0 Å². The molecule has 0 spiro atoms. The van der Waals surface area contributed by atoms with E-state index in [2.05, 4.69) is 49.6 Å². The number of hydrogen-bond acceptors (Lipinski definition) is 0. The lowest BCUT2D eigenvalue weighted by Gasteiger charge is -1.94. The van der Waals surface area contributed by atoms with E-state index in [-0.39, 0.29) is 0 Å². The Morgan fingerprint density at radius 1 is 1.46 bits per heavy atom. The van der Waals surface area contributed by atoms with Crippen molar-refractivity contribution in [3.05, 3.63) is 59.4 Å². The topological polar surface area (TPSA) is 0 Å². The van der Waals surface area contributed by atoms with E-state index < -0.39 is 0 Å². The number of benzene rings is 1. The second-order valence-corrected chi connectivity index (χ2v) is 3.11. The molecule has 0 radical (unpaired) electrons. The number of aryl methyl sites for hydroxylation is 1. The third-order valence-corrected chi connectivity index (χ3v) is 1.85. The molecular weight excluding hydrogens is 156 g/mol. The van der Waals surface area contributed by atoms with Crippen LogP contribution < -0.4 is 0 Å². The number of hydrogen-bond donors (Lipinski definition) is 0. The lowest BCUT2D eigenvalue weighted by molar-refractivity contribution is 1.46. The van der Waals surface area contributed by atoms with Gasteiger partial charge in [0, 0.05) is 0 Å². The summed E-state index contributed by atoms with van der Waals surface area (Å²) in [5, 5.41) is 0. The fraction of sp³-hybridized carbons (Fsp3) is 0.154. The molecule has 0 heteroatoms. The van der Waals surface area contributed by atoms with Crippen LogP contribution in [0.15, 0.2) is 48.2 Å². The highest BCUT2D eigenvalue weighted by Crippen LogP contribution is 2.07. The first kappa shape index (κ1) is 9.57. The van der Waals surface area contributed by atoms with Gasteiger partial charge in [0.1, 0.15) is 0 Å². The van der Waals surface area contributed by atoms with Crippen LogP contribution in [0, 0.1) is 6.92 Å². The predicted octanol–water partition coefficient (Wildman–Crippen LogP) is 3.74. The highest BCUT2D eigenvalue weighted by molar-refractivity contribution is 5.53. The van der Waals surface area contributed by atoms with E-state index in [0.29, 0.717) is 0 Å². The first-order chi connectivity index (χ1) is 6.22. The van der Waals surface area contributed by atoms with Crippen LogP contribution in [-0.2, 0) is 0 Å². The Kier molecular flexibility index (Phi) is 3.31. The van der Waals surface area contributed by atoms with Crippen LogP contribution >= 0.6 is 0 Å². The summed E-state index contributed by atoms with van der Waals surface area (Å²) in [4.78, 5) is 0. The minimum absolute atomic E-state index is 1.06. The van der Waals surface area contributed by atoms with E-state index in [1.54, 1.807) is 0 Å². The Morgan fingerprint density at radius 2 is 2.23 bits per heavy atom. The van der Waals surface area contributed by atoms with Crippen LogP contribution in [0.4, 0.5) is 0 Å². The second-order valence-electron chi connectivity index (χ2n) is 3.11. The van der Waals surface area contributed by atoms with Crippen molar-refractivity contribution in [2.75, 3.05) is 0 Å². The Hall–Kier alpha value is -1.52. The third kappa shape index (κ3) is 3.14. The van der Waals surface area contributed by atoms with Gasteiger partial charge in [0.05, 0.1) is 0 Å². The van der Waals surface area contributed by atoms with Crippen LogP contribution in [0.1, 0.15) is 18.1 Å². The van der Waals surface area contributed by atoms with Gasteiger partial charge >= 0.3 is 0 Å². The van der Waals surface area contributed by atoms with Crippen LogP contribution in [0.2, 0.25) is 0 Å². The highest BCUT2D eigenvalue weighted by atomic mass is 13.9. The number of allylic oxidation sites excluding steroid dienone is 2. The molecule has 0 saturated heterocycles. The van der Waals surface area contributed by atoms with Gasteiger partial charge in [-0.25, -0.2) is 0 Å². The molecule has 0 aliphatic rings. The van der Waals surface area contributed by atoms with Crippen molar-refractivity contribution in [2.45, 2.75) is 13.8 Å². The molecule has 66 valence electrons. The van der Waals surface area contributed by atoms with E-state index in [0.717, 1.165) is 5.57 Å². The molecule has 0 atom stereocenters. The Balaban J connectivity index is 2.86. The van der Waals surface area contributed by atoms with Gasteiger partial charge in [-0.15, -0.1) is 5.73 Å². The molecule has 1 aromatic carbocycles. The van der Waals surface area contributed by atoms with Crippen molar-refractivity contribution in [3.8, 4) is 0 Å². The fourth-order valence-electron chi connectivity index (χ4n) is 1.05. The van der Waals surface area contributed by atoms with Crippen molar-refractivity contribution >= 4 is 6.08 Å². The van der Waals surface area contributed by atoms with Gasteiger partial charge in [0.15, 0.2) is 0 Å². The van der Waals surface area contributed by atoms with Crippen molar-refractivity contribution in [1.82, 2.24) is 0 Å². The average molecular weight is 170 g/mol. The van der Waals surface area contributed by atoms with E-state index in [1.807, 2.05) is 13.0 Å². The maximum atomic E-state index is 3.58. The molecule has 0 aliphatic carbocycles. The standard InChI is InChI=1S/C13H14/c1-4-11(2)8-9-13-7-5-6-12(3)10-13/h5-10H,1H2,2-3H3/b9-8+. The minimum atomic E-state index is 1.06. The molecule has 0 aliphatic heterocycles. The summed E-state index contributed by atoms with van der Waals surface area (Å²) in [6.45, 7) is 7.65. The van der Waals surface area contributed by atoms with E-state index in [9.17, 15) is 0 Å². The maximum absolute atomic E-state index is 3.58. The predicted molar refractivity (Wildman–Crippen MR) is 58.5 cm³/mol. The molecule has 0 nitrogen and oxygen atoms in total. The zero-order chi connectivity index (χ0) is 9.68. The Morgan fingerprint density at radius 3 is 2.85 bits per heavy atom. The quantitative estimate of drug-likeness (QED) is 0.468. The Bertz CT molecular complexity index is 363. The first-order valence-electron chi connectivity index (χ1n) is 4.34. The van der Waals surface area contributed by atoms with Gasteiger partial charge < -0.3 is 0 Å². The molecule has 0 amide bonds. The fourth-order valence-corrected chi connectivity index (χ4v) is 1.05. The molecule has 1 aromatic rings. The van der Waals surface area contributed by atoms with E-state index >= 15 is 0 Å². The monoisotopic (exact) mass is 170 g/mol. The smallest absolute Gasteiger partial charge is 0.00974 e. The summed E-state index contributed by atoms with van der Waals surface area (Å²) in [7, 11) is 0. The highest BCUT2D eigenvalue weighted by Gasteiger charge is 1.86. The van der Waals surface area contributed by atoms with Gasteiger partial charge in [-0.05, 0) is 25.0 Å². The molecular formula is C13H14. The summed E-state index contributed by atoms with van der Waals surface area (Å²) in [5.74, 6) is 0. The van der Waals surface area contributed by atoms with Crippen molar-refractivity contribution < 1.29 is 0 Å². The molecule has 0 aromatic heterocycles. The largest absolute Gasteiger partial charge is 0.125 e. The van der Waals surface area contributed by atoms with Crippen molar-refractivity contribution in [2.24, 2.45) is 0 Å². The molecule has 0 unspecified atom stereocenters. The van der Waals surface area contributed by atoms with Gasteiger partial charge in [-0.2, -0.15) is 0 Å². The zero-order valence-electron chi connectivity index (χ0n) is 8.17. The first-order valence-corrected chi connectivity index (χ1v) is 4.34. The SMILES string of the molecule is C=C=C(C)/C=C/c1cccc(C)c1. The minimum Gasteiger partial charge on any atom is -0.125 e. The summed E-state index contributed by atoms with van der Waals surface area (Å²) < 4.78 is 0. The molecule has 1 rings (SSSR count). The number of rotatable bonds is 2. The lowest BCUT2D eigenvalue weighted by Crippen LogP contribution is -1.74. The average Bonchev–Trinajstić information content (AvgIpc) is 2.14. The molecule has 0 fully saturated rings. The van der Waals surface area contributed by atoms with E-state index in [1.165, 1.54) is 11.1 Å². The van der Waals surface area contributed by atoms with E-state index in [4.69, 9.17) is 0 Å². The van der Waals surface area contributed by atoms with Gasteiger partial charge in [-0.3, -0.25) is 0 Å². The molecule has 0 heterocycles. The van der Waals surface area contributed by atoms with Crippen LogP contribution in [0.25, 0.3) is 6.08 Å². The van der Waals surface area contributed by atoms with Gasteiger partial charge in [-0.1, -0.05) is 48.6 Å². The Labute approximate surface area is 79.9 Å². The third-order valence-electron chi connectivity index (χ3n) is 1.85. The maximum Gasteiger partial charge on any atom is -0.00974 e. The van der Waals surface area contributed by atoms with Crippen LogP contribution in [0.3, 0.4) is 0 Å². The molecule has 13 heavy (non-hydrogen) atoms. The van der Waals surface area contributed by atoms with Gasteiger partial charge in [0.2, 0.25) is 0 Å². The normalized spacial score (nSPS) is 10.0. The summed E-state index contributed by atoms with van der Waals surface area (Å²) in [5.41, 5.74) is 6.38. The van der Waals surface area contributed by atoms with Gasteiger partial charge in [0.25, 0.3) is 0 Å². The van der Waals surface area contributed by atoms with Crippen molar-refractivity contribution in [1.29, 1.82) is 0 Å². The van der Waals surface area contributed by atoms with Crippen molar-refractivity contribution in [3.63, 3.8) is 0 Å². The molecule has 0 bridgehead atoms. The zero-order valence-corrected chi connectivity index (χ0v) is 8.17. The summed E-state index contributed by atoms with van der Waals surface area (Å²) >= 11 is 0. The summed E-state index contributed by atoms with van der Waals surface area (Å²) in [6, 6.07) is 8.38. The summed E-state index contributed by atoms with van der Waals surface area (Å²) in [6.07, 6.45) is 4.09. The molecule has 0 saturated carbocycles. The second kappa shape index (κ2) is 4.49. The lowest BCUT2D eigenvalue weighted by atomic mass is 10.1. The molecule has 0 N–H and O–H groups in total. The van der Waals surface area contributed by atoms with Crippen LogP contribution in [-0.4, -0.2) is 0 Å².